The van der Waals surface area contributed by atoms with Gasteiger partial charge < -0.3 is 5.73 Å². The SMILES string of the molecule is Cl.NCC1CCN(Cc2ccc(-c3ccccc3Br)cc2)C1. The van der Waals surface area contributed by atoms with Gasteiger partial charge in [-0.05, 0) is 48.2 Å². The monoisotopic (exact) mass is 380 g/mol. The highest BCUT2D eigenvalue weighted by Gasteiger charge is 2.20. The molecule has 2 nitrogen and oxygen atoms in total. The van der Waals surface area contributed by atoms with Crippen molar-refractivity contribution in [2.45, 2.75) is 13.0 Å². The molecule has 2 aromatic rings. The molecule has 2 aromatic carbocycles. The molecule has 2 N–H and O–H groups in total. The molecule has 3 rings (SSSR count). The Morgan fingerprint density at radius 2 is 1.82 bits per heavy atom. The molecule has 0 spiro atoms. The van der Waals surface area contributed by atoms with E-state index < -0.39 is 0 Å². The first-order valence-electron chi connectivity index (χ1n) is 7.52. The van der Waals surface area contributed by atoms with Gasteiger partial charge in [0.2, 0.25) is 0 Å². The molecule has 1 aliphatic rings. The first kappa shape index (κ1) is 17.5. The van der Waals surface area contributed by atoms with Crippen molar-refractivity contribution in [1.29, 1.82) is 0 Å². The van der Waals surface area contributed by atoms with Crippen LogP contribution < -0.4 is 5.73 Å². The molecule has 4 heteroatoms. The average Bonchev–Trinajstić information content (AvgIpc) is 2.96. The van der Waals surface area contributed by atoms with Crippen molar-refractivity contribution in [2.24, 2.45) is 11.7 Å². The number of halogens is 2. The van der Waals surface area contributed by atoms with Gasteiger partial charge >= 0.3 is 0 Å². The van der Waals surface area contributed by atoms with Crippen LogP contribution in [0.2, 0.25) is 0 Å². The number of nitrogens with zero attached hydrogens (tertiary/aromatic N) is 1. The lowest BCUT2D eigenvalue weighted by Gasteiger charge is -2.16. The van der Waals surface area contributed by atoms with Crippen molar-refractivity contribution in [3.63, 3.8) is 0 Å². The van der Waals surface area contributed by atoms with Crippen LogP contribution in [-0.2, 0) is 6.54 Å². The van der Waals surface area contributed by atoms with Gasteiger partial charge in [-0.2, -0.15) is 0 Å². The summed E-state index contributed by atoms with van der Waals surface area (Å²) in [5, 5.41) is 0. The molecule has 22 heavy (non-hydrogen) atoms. The van der Waals surface area contributed by atoms with E-state index in [2.05, 4.69) is 63.3 Å². The van der Waals surface area contributed by atoms with Crippen LogP contribution in [0.1, 0.15) is 12.0 Å². The quantitative estimate of drug-likeness (QED) is 0.854. The zero-order chi connectivity index (χ0) is 14.7. The second-order valence-corrected chi connectivity index (χ2v) is 6.66. The summed E-state index contributed by atoms with van der Waals surface area (Å²) in [7, 11) is 0. The van der Waals surface area contributed by atoms with Gasteiger partial charge in [0.05, 0.1) is 0 Å². The molecule has 1 heterocycles. The third kappa shape index (κ3) is 4.11. The minimum absolute atomic E-state index is 0. The largest absolute Gasteiger partial charge is 0.330 e. The van der Waals surface area contributed by atoms with E-state index in [1.54, 1.807) is 0 Å². The molecule has 118 valence electrons. The molecule has 0 aromatic heterocycles. The van der Waals surface area contributed by atoms with Crippen molar-refractivity contribution < 1.29 is 0 Å². The van der Waals surface area contributed by atoms with Crippen LogP contribution in [0.4, 0.5) is 0 Å². The van der Waals surface area contributed by atoms with E-state index in [1.165, 1.54) is 29.7 Å². The van der Waals surface area contributed by atoms with Gasteiger partial charge in [0.15, 0.2) is 0 Å². The second kappa shape index (κ2) is 8.11. The van der Waals surface area contributed by atoms with Gasteiger partial charge in [-0.3, -0.25) is 4.90 Å². The third-order valence-corrected chi connectivity index (χ3v) is 4.94. The maximum Gasteiger partial charge on any atom is 0.0253 e. The van der Waals surface area contributed by atoms with Crippen molar-refractivity contribution in [3.05, 3.63) is 58.6 Å². The summed E-state index contributed by atoms with van der Waals surface area (Å²) < 4.78 is 1.14. The summed E-state index contributed by atoms with van der Waals surface area (Å²) in [5.74, 6) is 0.685. The first-order valence-corrected chi connectivity index (χ1v) is 8.32. The van der Waals surface area contributed by atoms with Gasteiger partial charge in [-0.25, -0.2) is 0 Å². The zero-order valence-electron chi connectivity index (χ0n) is 12.5. The van der Waals surface area contributed by atoms with Gasteiger partial charge in [0.25, 0.3) is 0 Å². The fraction of sp³-hybridized carbons (Fsp3) is 0.333. The Morgan fingerprint density at radius 1 is 1.09 bits per heavy atom. The Bertz CT molecular complexity index is 600. The normalized spacial score (nSPS) is 18.2. The maximum atomic E-state index is 5.76. The maximum absolute atomic E-state index is 5.76. The second-order valence-electron chi connectivity index (χ2n) is 5.80. The minimum atomic E-state index is 0. The van der Waals surface area contributed by atoms with E-state index >= 15 is 0 Å². The third-order valence-electron chi connectivity index (χ3n) is 4.25. The molecule has 1 fully saturated rings. The molecular weight excluding hydrogens is 360 g/mol. The van der Waals surface area contributed by atoms with Gasteiger partial charge in [-0.1, -0.05) is 58.4 Å². The fourth-order valence-corrected chi connectivity index (χ4v) is 3.51. The molecule has 1 atom stereocenters. The lowest BCUT2D eigenvalue weighted by Crippen LogP contribution is -2.22. The summed E-state index contributed by atoms with van der Waals surface area (Å²) >= 11 is 3.62. The molecule has 1 saturated heterocycles. The highest BCUT2D eigenvalue weighted by molar-refractivity contribution is 9.10. The highest BCUT2D eigenvalue weighted by Crippen LogP contribution is 2.28. The molecular formula is C18H22BrClN2. The summed E-state index contributed by atoms with van der Waals surface area (Å²) in [6.07, 6.45) is 1.24. The van der Waals surface area contributed by atoms with E-state index in [0.29, 0.717) is 5.92 Å². The van der Waals surface area contributed by atoms with Crippen LogP contribution in [0.5, 0.6) is 0 Å². The number of nitrogens with two attached hydrogens (primary N) is 1. The Kier molecular flexibility index (Phi) is 6.45. The van der Waals surface area contributed by atoms with E-state index in [-0.39, 0.29) is 12.4 Å². The van der Waals surface area contributed by atoms with Crippen LogP contribution >= 0.6 is 28.3 Å². The lowest BCUT2D eigenvalue weighted by molar-refractivity contribution is 0.318. The number of benzene rings is 2. The minimum Gasteiger partial charge on any atom is -0.330 e. The van der Waals surface area contributed by atoms with E-state index in [0.717, 1.165) is 24.1 Å². The van der Waals surface area contributed by atoms with Crippen molar-refractivity contribution in [1.82, 2.24) is 4.90 Å². The summed E-state index contributed by atoms with van der Waals surface area (Å²) in [5.41, 5.74) is 9.64. The standard InChI is InChI=1S/C18H21BrN2.ClH/c19-18-4-2-1-3-17(18)16-7-5-14(6-8-16)12-21-10-9-15(11-20)13-21;/h1-8,15H,9-13,20H2;1H. The molecule has 0 aliphatic carbocycles. The van der Waals surface area contributed by atoms with Crippen LogP contribution in [0.25, 0.3) is 11.1 Å². The highest BCUT2D eigenvalue weighted by atomic mass is 79.9. The van der Waals surface area contributed by atoms with Crippen molar-refractivity contribution in [3.8, 4) is 11.1 Å². The van der Waals surface area contributed by atoms with Crippen LogP contribution in [0.15, 0.2) is 53.0 Å². The van der Waals surface area contributed by atoms with Crippen molar-refractivity contribution >= 4 is 28.3 Å². The smallest absolute Gasteiger partial charge is 0.0253 e. The first-order chi connectivity index (χ1) is 10.3. The van der Waals surface area contributed by atoms with Crippen LogP contribution in [0, 0.1) is 5.92 Å². The molecule has 0 amide bonds. The number of likely N-dealkylation sites (tertiary alicyclic amines) is 1. The predicted octanol–water partition coefficient (Wildman–Crippen LogP) is 4.32. The summed E-state index contributed by atoms with van der Waals surface area (Å²) in [6.45, 7) is 4.17. The molecule has 0 saturated carbocycles. The van der Waals surface area contributed by atoms with Crippen LogP contribution in [-0.4, -0.2) is 24.5 Å². The van der Waals surface area contributed by atoms with Gasteiger partial charge in [-0.15, -0.1) is 12.4 Å². The Labute approximate surface area is 147 Å². The lowest BCUT2D eigenvalue weighted by atomic mass is 10.0. The predicted molar refractivity (Wildman–Crippen MR) is 99.3 cm³/mol. The average molecular weight is 382 g/mol. The van der Waals surface area contributed by atoms with Gasteiger partial charge in [0.1, 0.15) is 0 Å². The number of hydrogen-bond acceptors (Lipinski definition) is 2. The number of rotatable bonds is 4. The number of hydrogen-bond donors (Lipinski definition) is 1. The van der Waals surface area contributed by atoms with Crippen molar-refractivity contribution in [2.75, 3.05) is 19.6 Å². The Balaban J connectivity index is 0.00000176. The molecule has 0 radical (unpaired) electrons. The van der Waals surface area contributed by atoms with E-state index in [9.17, 15) is 0 Å². The summed E-state index contributed by atoms with van der Waals surface area (Å²) in [4.78, 5) is 2.50. The van der Waals surface area contributed by atoms with E-state index in [1.807, 2.05) is 6.07 Å². The Morgan fingerprint density at radius 3 is 2.45 bits per heavy atom. The summed E-state index contributed by atoms with van der Waals surface area (Å²) in [6, 6.07) is 17.3. The molecule has 1 unspecified atom stereocenters. The van der Waals surface area contributed by atoms with E-state index in [4.69, 9.17) is 5.73 Å². The van der Waals surface area contributed by atoms with Gasteiger partial charge in [0, 0.05) is 17.6 Å². The Hall–Kier alpha value is -0.870. The molecule has 1 aliphatic heterocycles. The van der Waals surface area contributed by atoms with Crippen LogP contribution in [0.3, 0.4) is 0 Å². The fourth-order valence-electron chi connectivity index (χ4n) is 2.99. The molecule has 0 bridgehead atoms. The topological polar surface area (TPSA) is 29.3 Å². The zero-order valence-corrected chi connectivity index (χ0v) is 14.9.